The SMILES string of the molecule is CCOC(=O)CN(C)C(=O)C#Cc1cccc(C)c1. The van der Waals surface area contributed by atoms with Crippen molar-refractivity contribution in [3.05, 3.63) is 35.4 Å². The van der Waals surface area contributed by atoms with Crippen LogP contribution in [0.15, 0.2) is 24.3 Å². The molecule has 19 heavy (non-hydrogen) atoms. The molecule has 0 heterocycles. The molecule has 0 aliphatic carbocycles. The van der Waals surface area contributed by atoms with Crippen molar-refractivity contribution in [3.63, 3.8) is 0 Å². The van der Waals surface area contributed by atoms with Crippen LogP contribution < -0.4 is 0 Å². The van der Waals surface area contributed by atoms with Gasteiger partial charge < -0.3 is 9.64 Å². The third kappa shape index (κ3) is 5.26. The minimum Gasteiger partial charge on any atom is -0.465 e. The molecule has 1 aromatic carbocycles. The minimum atomic E-state index is -0.435. The molecule has 0 fully saturated rings. The number of likely N-dealkylation sites (N-methyl/N-ethyl adjacent to an activating group) is 1. The third-order valence-electron chi connectivity index (χ3n) is 2.35. The molecule has 0 spiro atoms. The van der Waals surface area contributed by atoms with E-state index in [4.69, 9.17) is 4.74 Å². The van der Waals surface area contributed by atoms with Crippen molar-refractivity contribution in [2.24, 2.45) is 0 Å². The summed E-state index contributed by atoms with van der Waals surface area (Å²) in [6.45, 7) is 3.89. The van der Waals surface area contributed by atoms with Crippen molar-refractivity contribution in [2.45, 2.75) is 13.8 Å². The molecule has 0 aliphatic rings. The zero-order chi connectivity index (χ0) is 14.3. The van der Waals surface area contributed by atoms with Gasteiger partial charge in [0.15, 0.2) is 0 Å². The van der Waals surface area contributed by atoms with Gasteiger partial charge in [-0.15, -0.1) is 0 Å². The predicted molar refractivity (Wildman–Crippen MR) is 72.3 cm³/mol. The van der Waals surface area contributed by atoms with Gasteiger partial charge in [-0.2, -0.15) is 0 Å². The summed E-state index contributed by atoms with van der Waals surface area (Å²) in [4.78, 5) is 24.1. The summed E-state index contributed by atoms with van der Waals surface area (Å²) < 4.78 is 4.76. The van der Waals surface area contributed by atoms with E-state index in [-0.39, 0.29) is 6.54 Å². The maximum Gasteiger partial charge on any atom is 0.325 e. The van der Waals surface area contributed by atoms with E-state index in [0.717, 1.165) is 11.1 Å². The molecule has 4 nitrogen and oxygen atoms in total. The Kier molecular flexibility index (Phi) is 5.62. The average Bonchev–Trinajstić information content (AvgIpc) is 2.36. The van der Waals surface area contributed by atoms with Gasteiger partial charge in [0.25, 0.3) is 5.91 Å². The molecule has 0 N–H and O–H groups in total. The normalized spacial score (nSPS) is 9.21. The summed E-state index contributed by atoms with van der Waals surface area (Å²) in [5.41, 5.74) is 1.86. The van der Waals surface area contributed by atoms with Crippen LogP contribution in [0.4, 0.5) is 0 Å². The van der Waals surface area contributed by atoms with Crippen molar-refractivity contribution in [1.82, 2.24) is 4.90 Å². The van der Waals surface area contributed by atoms with Gasteiger partial charge in [-0.3, -0.25) is 9.59 Å². The van der Waals surface area contributed by atoms with Crippen molar-refractivity contribution in [1.29, 1.82) is 0 Å². The van der Waals surface area contributed by atoms with E-state index >= 15 is 0 Å². The first-order valence-corrected chi connectivity index (χ1v) is 6.02. The van der Waals surface area contributed by atoms with Crippen LogP contribution in [0.25, 0.3) is 0 Å². The number of rotatable bonds is 3. The van der Waals surface area contributed by atoms with E-state index in [1.807, 2.05) is 31.2 Å². The monoisotopic (exact) mass is 259 g/mol. The fourth-order valence-electron chi connectivity index (χ4n) is 1.42. The fraction of sp³-hybridized carbons (Fsp3) is 0.333. The molecule has 0 aliphatic heterocycles. The lowest BCUT2D eigenvalue weighted by Crippen LogP contribution is -2.32. The Balaban J connectivity index is 2.62. The summed E-state index contributed by atoms with van der Waals surface area (Å²) in [7, 11) is 1.52. The molecule has 0 radical (unpaired) electrons. The molecule has 0 saturated heterocycles. The van der Waals surface area contributed by atoms with Crippen LogP contribution in [-0.2, 0) is 14.3 Å². The van der Waals surface area contributed by atoms with Crippen LogP contribution in [0.2, 0.25) is 0 Å². The summed E-state index contributed by atoms with van der Waals surface area (Å²) in [5.74, 6) is 4.44. The highest BCUT2D eigenvalue weighted by molar-refractivity contribution is 5.95. The molecular weight excluding hydrogens is 242 g/mol. The molecule has 1 amide bonds. The van der Waals surface area contributed by atoms with Gasteiger partial charge >= 0.3 is 5.97 Å². The van der Waals surface area contributed by atoms with Crippen LogP contribution in [-0.4, -0.2) is 37.0 Å². The van der Waals surface area contributed by atoms with Crippen LogP contribution in [0.1, 0.15) is 18.1 Å². The number of amides is 1. The predicted octanol–water partition coefficient (Wildman–Crippen LogP) is 1.37. The number of hydrogen-bond donors (Lipinski definition) is 0. The van der Waals surface area contributed by atoms with Crippen molar-refractivity contribution in [2.75, 3.05) is 20.2 Å². The zero-order valence-corrected chi connectivity index (χ0v) is 11.4. The highest BCUT2D eigenvalue weighted by atomic mass is 16.5. The van der Waals surface area contributed by atoms with Gasteiger partial charge in [-0.25, -0.2) is 0 Å². The molecule has 1 rings (SSSR count). The van der Waals surface area contributed by atoms with E-state index in [1.165, 1.54) is 11.9 Å². The quantitative estimate of drug-likeness (QED) is 0.608. The lowest BCUT2D eigenvalue weighted by atomic mass is 10.1. The maximum atomic E-state index is 11.7. The summed E-state index contributed by atoms with van der Waals surface area (Å²) in [5, 5.41) is 0. The van der Waals surface area contributed by atoms with Gasteiger partial charge in [-0.05, 0) is 31.5 Å². The number of nitrogens with zero attached hydrogens (tertiary/aromatic N) is 1. The first kappa shape index (κ1) is 14.8. The molecule has 0 aromatic heterocycles. The number of ether oxygens (including phenoxy) is 1. The number of hydrogen-bond acceptors (Lipinski definition) is 3. The third-order valence-corrected chi connectivity index (χ3v) is 2.35. The summed E-state index contributed by atoms with van der Waals surface area (Å²) in [6.07, 6.45) is 0. The average molecular weight is 259 g/mol. The van der Waals surface area contributed by atoms with E-state index in [2.05, 4.69) is 11.8 Å². The Bertz CT molecular complexity index is 526. The Morgan fingerprint density at radius 2 is 2.11 bits per heavy atom. The van der Waals surface area contributed by atoms with E-state index in [0.29, 0.717) is 6.61 Å². The Hall–Kier alpha value is -2.28. The number of esters is 1. The second-order valence-corrected chi connectivity index (χ2v) is 4.09. The van der Waals surface area contributed by atoms with Gasteiger partial charge in [0, 0.05) is 18.5 Å². The van der Waals surface area contributed by atoms with Crippen LogP contribution >= 0.6 is 0 Å². The van der Waals surface area contributed by atoms with Gasteiger partial charge in [0.05, 0.1) is 6.61 Å². The smallest absolute Gasteiger partial charge is 0.325 e. The van der Waals surface area contributed by atoms with Crippen molar-refractivity contribution >= 4 is 11.9 Å². The lowest BCUT2D eigenvalue weighted by molar-refractivity contribution is -0.146. The van der Waals surface area contributed by atoms with Crippen LogP contribution in [0.5, 0.6) is 0 Å². The van der Waals surface area contributed by atoms with E-state index in [9.17, 15) is 9.59 Å². The van der Waals surface area contributed by atoms with Gasteiger partial charge in [0.2, 0.25) is 0 Å². The van der Waals surface area contributed by atoms with E-state index < -0.39 is 11.9 Å². The minimum absolute atomic E-state index is 0.0881. The molecule has 0 unspecified atom stereocenters. The highest BCUT2D eigenvalue weighted by Crippen LogP contribution is 2.01. The highest BCUT2D eigenvalue weighted by Gasteiger charge is 2.11. The standard InChI is InChI=1S/C15H17NO3/c1-4-19-15(18)11-16(3)14(17)9-8-13-7-5-6-12(2)10-13/h5-7,10H,4,11H2,1-3H3. The van der Waals surface area contributed by atoms with E-state index in [1.54, 1.807) is 6.92 Å². The first-order valence-electron chi connectivity index (χ1n) is 6.02. The Morgan fingerprint density at radius 3 is 2.74 bits per heavy atom. The molecule has 100 valence electrons. The van der Waals surface area contributed by atoms with Gasteiger partial charge in [-0.1, -0.05) is 18.1 Å². The Morgan fingerprint density at radius 1 is 1.37 bits per heavy atom. The second-order valence-electron chi connectivity index (χ2n) is 4.09. The van der Waals surface area contributed by atoms with Crippen molar-refractivity contribution < 1.29 is 14.3 Å². The zero-order valence-electron chi connectivity index (χ0n) is 11.4. The molecule has 0 atom stereocenters. The number of aryl methyl sites for hydroxylation is 1. The molecule has 0 bridgehead atoms. The molecule has 4 heteroatoms. The first-order chi connectivity index (χ1) is 9.02. The summed E-state index contributed by atoms with van der Waals surface area (Å²) >= 11 is 0. The van der Waals surface area contributed by atoms with Gasteiger partial charge in [0.1, 0.15) is 6.54 Å². The Labute approximate surface area is 113 Å². The molecular formula is C15H17NO3. The number of carbonyl (C=O) groups excluding carboxylic acids is 2. The number of benzene rings is 1. The van der Waals surface area contributed by atoms with Crippen molar-refractivity contribution in [3.8, 4) is 11.8 Å². The van der Waals surface area contributed by atoms with Crippen LogP contribution in [0, 0.1) is 18.8 Å². The fourth-order valence-corrected chi connectivity index (χ4v) is 1.42. The lowest BCUT2D eigenvalue weighted by Gasteiger charge is -2.12. The molecule has 0 saturated carbocycles. The van der Waals surface area contributed by atoms with Crippen LogP contribution in [0.3, 0.4) is 0 Å². The topological polar surface area (TPSA) is 46.6 Å². The molecule has 1 aromatic rings. The maximum absolute atomic E-state index is 11.7. The second kappa shape index (κ2) is 7.22. The number of carbonyl (C=O) groups is 2. The summed E-state index contributed by atoms with van der Waals surface area (Å²) in [6, 6.07) is 7.57. The largest absolute Gasteiger partial charge is 0.465 e.